The van der Waals surface area contributed by atoms with E-state index in [0.717, 1.165) is 5.56 Å². The molecule has 1 N–H and O–H groups in total. The molecule has 7 nitrogen and oxygen atoms in total. The second-order valence-electron chi connectivity index (χ2n) is 5.76. The Morgan fingerprint density at radius 1 is 1.08 bits per heavy atom. The molecule has 1 aliphatic heterocycles. The van der Waals surface area contributed by atoms with Crippen LogP contribution in [0.1, 0.15) is 11.6 Å². The molecule has 0 bridgehead atoms. The Kier molecular flexibility index (Phi) is 4.27. The quantitative estimate of drug-likeness (QED) is 0.765. The van der Waals surface area contributed by atoms with Crippen molar-refractivity contribution in [1.82, 2.24) is 14.7 Å². The zero-order valence-electron chi connectivity index (χ0n) is 13.7. The monoisotopic (exact) mass is 368 g/mol. The number of nitrogens with zero attached hydrogens (tertiary/aromatic N) is 3. The molecule has 0 amide bonds. The minimum Gasteiger partial charge on any atom is -0.437 e. The van der Waals surface area contributed by atoms with Gasteiger partial charge in [0.05, 0.1) is 24.5 Å². The van der Waals surface area contributed by atoms with Crippen molar-refractivity contribution in [2.45, 2.75) is 6.04 Å². The lowest BCUT2D eigenvalue weighted by Crippen LogP contribution is -2.29. The molecule has 1 aliphatic rings. The Morgan fingerprint density at radius 3 is 2.69 bits per heavy atom. The number of hydrogen-bond donors (Lipinski definition) is 1. The summed E-state index contributed by atoms with van der Waals surface area (Å²) >= 11 is 0. The standard InChI is InChI=1S/C18H16N4O3S/c23-26(24)21-17(13-22(26)15-6-2-1-3-7-15)14-5-4-8-16(11-14)25-18-12-19-9-10-20-18/h1-12,17,21H,13H2. The third-order valence-electron chi connectivity index (χ3n) is 4.00. The summed E-state index contributed by atoms with van der Waals surface area (Å²) < 4.78 is 34.7. The summed E-state index contributed by atoms with van der Waals surface area (Å²) in [6, 6.07) is 15.9. The van der Waals surface area contributed by atoms with Gasteiger partial charge in [0, 0.05) is 12.4 Å². The van der Waals surface area contributed by atoms with E-state index in [9.17, 15) is 8.42 Å². The average molecular weight is 368 g/mol. The van der Waals surface area contributed by atoms with E-state index >= 15 is 0 Å². The third-order valence-corrected chi connectivity index (χ3v) is 5.52. The van der Waals surface area contributed by atoms with Gasteiger partial charge in [0.2, 0.25) is 5.88 Å². The van der Waals surface area contributed by atoms with Gasteiger partial charge in [-0.2, -0.15) is 13.1 Å². The Bertz CT molecular complexity index is 997. The maximum atomic E-state index is 12.5. The zero-order valence-corrected chi connectivity index (χ0v) is 14.5. The first-order chi connectivity index (χ1) is 12.6. The molecule has 26 heavy (non-hydrogen) atoms. The minimum absolute atomic E-state index is 0.306. The van der Waals surface area contributed by atoms with E-state index in [4.69, 9.17) is 4.74 Å². The van der Waals surface area contributed by atoms with Crippen LogP contribution in [-0.4, -0.2) is 24.9 Å². The van der Waals surface area contributed by atoms with Gasteiger partial charge in [-0.05, 0) is 29.8 Å². The molecule has 3 aromatic rings. The maximum Gasteiger partial charge on any atom is 0.302 e. The summed E-state index contributed by atoms with van der Waals surface area (Å²) in [4.78, 5) is 8.03. The predicted molar refractivity (Wildman–Crippen MR) is 97.1 cm³/mol. The van der Waals surface area contributed by atoms with Gasteiger partial charge < -0.3 is 4.74 Å². The molecule has 1 saturated heterocycles. The Labute approximate surface area is 151 Å². The van der Waals surface area contributed by atoms with Gasteiger partial charge in [-0.15, -0.1) is 0 Å². The lowest BCUT2D eigenvalue weighted by atomic mass is 10.1. The molecular weight excluding hydrogens is 352 g/mol. The number of hydrogen-bond acceptors (Lipinski definition) is 5. The fourth-order valence-corrected chi connectivity index (χ4v) is 4.25. The number of rotatable bonds is 4. The number of aromatic nitrogens is 2. The fraction of sp³-hybridized carbons (Fsp3) is 0.111. The summed E-state index contributed by atoms with van der Waals surface area (Å²) in [5.41, 5.74) is 1.45. The predicted octanol–water partition coefficient (Wildman–Crippen LogP) is 2.66. The molecule has 1 unspecified atom stereocenters. The topological polar surface area (TPSA) is 84.4 Å². The molecule has 2 aromatic carbocycles. The molecule has 8 heteroatoms. The second kappa shape index (κ2) is 6.74. The molecule has 132 valence electrons. The number of benzene rings is 2. The summed E-state index contributed by atoms with van der Waals surface area (Å²) in [6.45, 7) is 0.306. The molecule has 2 heterocycles. The van der Waals surface area contributed by atoms with Crippen LogP contribution < -0.4 is 13.8 Å². The van der Waals surface area contributed by atoms with Crippen LogP contribution in [0.25, 0.3) is 0 Å². The van der Waals surface area contributed by atoms with Crippen molar-refractivity contribution < 1.29 is 13.2 Å². The van der Waals surface area contributed by atoms with E-state index in [0.29, 0.717) is 23.9 Å². The van der Waals surface area contributed by atoms with Crippen molar-refractivity contribution in [1.29, 1.82) is 0 Å². The van der Waals surface area contributed by atoms with E-state index in [-0.39, 0.29) is 6.04 Å². The first kappa shape index (κ1) is 16.5. The highest BCUT2D eigenvalue weighted by molar-refractivity contribution is 7.91. The summed E-state index contributed by atoms with van der Waals surface area (Å²) in [7, 11) is -3.59. The zero-order chi connectivity index (χ0) is 18.0. The first-order valence-corrected chi connectivity index (χ1v) is 9.45. The van der Waals surface area contributed by atoms with E-state index in [2.05, 4.69) is 14.7 Å². The third kappa shape index (κ3) is 3.37. The van der Waals surface area contributed by atoms with Crippen molar-refractivity contribution in [3.05, 3.63) is 78.8 Å². The molecule has 1 fully saturated rings. The van der Waals surface area contributed by atoms with Gasteiger partial charge in [-0.1, -0.05) is 30.3 Å². The Hall–Kier alpha value is -2.97. The lowest BCUT2D eigenvalue weighted by Gasteiger charge is -2.15. The van der Waals surface area contributed by atoms with Crippen LogP contribution in [0.2, 0.25) is 0 Å². The smallest absolute Gasteiger partial charge is 0.302 e. The minimum atomic E-state index is -3.59. The molecule has 4 rings (SSSR count). The summed E-state index contributed by atoms with van der Waals surface area (Å²) in [6.07, 6.45) is 4.62. The molecule has 0 saturated carbocycles. The van der Waals surface area contributed by atoms with E-state index in [1.54, 1.807) is 36.7 Å². The van der Waals surface area contributed by atoms with Crippen LogP contribution in [0.15, 0.2) is 73.2 Å². The van der Waals surface area contributed by atoms with Crippen LogP contribution in [0.5, 0.6) is 11.6 Å². The van der Waals surface area contributed by atoms with Crippen molar-refractivity contribution in [3.8, 4) is 11.6 Å². The maximum absolute atomic E-state index is 12.5. The number of para-hydroxylation sites is 1. The highest BCUT2D eigenvalue weighted by atomic mass is 32.2. The van der Waals surface area contributed by atoms with Crippen LogP contribution in [0.4, 0.5) is 5.69 Å². The van der Waals surface area contributed by atoms with Gasteiger partial charge in [-0.25, -0.2) is 4.98 Å². The van der Waals surface area contributed by atoms with Gasteiger partial charge in [0.1, 0.15) is 5.75 Å². The second-order valence-corrected chi connectivity index (χ2v) is 7.39. The summed E-state index contributed by atoms with van der Waals surface area (Å²) in [5.74, 6) is 0.947. The van der Waals surface area contributed by atoms with Crippen molar-refractivity contribution in [2.24, 2.45) is 0 Å². The van der Waals surface area contributed by atoms with Gasteiger partial charge >= 0.3 is 10.2 Å². The number of ether oxygens (including phenoxy) is 1. The Balaban J connectivity index is 1.58. The molecule has 1 atom stereocenters. The van der Waals surface area contributed by atoms with Gasteiger partial charge in [0.25, 0.3) is 0 Å². The lowest BCUT2D eigenvalue weighted by molar-refractivity contribution is 0.459. The van der Waals surface area contributed by atoms with E-state index in [1.165, 1.54) is 10.5 Å². The highest BCUT2D eigenvalue weighted by Gasteiger charge is 2.36. The molecule has 0 spiro atoms. The molecule has 0 radical (unpaired) electrons. The summed E-state index contributed by atoms with van der Waals surface area (Å²) in [5, 5.41) is 0. The first-order valence-electron chi connectivity index (χ1n) is 8.01. The molecular formula is C18H16N4O3S. The largest absolute Gasteiger partial charge is 0.437 e. The van der Waals surface area contributed by atoms with Crippen LogP contribution in [0, 0.1) is 0 Å². The SMILES string of the molecule is O=S1(=O)NC(c2cccc(Oc3cnccn3)c2)CN1c1ccccc1. The van der Waals surface area contributed by atoms with Crippen molar-refractivity contribution >= 4 is 15.9 Å². The fourth-order valence-electron chi connectivity index (χ4n) is 2.81. The van der Waals surface area contributed by atoms with E-state index < -0.39 is 10.2 Å². The Morgan fingerprint density at radius 2 is 1.92 bits per heavy atom. The number of nitrogens with one attached hydrogen (secondary N) is 1. The number of anilines is 1. The van der Waals surface area contributed by atoms with Crippen LogP contribution >= 0.6 is 0 Å². The average Bonchev–Trinajstić information content (AvgIpc) is 2.99. The molecule has 1 aromatic heterocycles. The van der Waals surface area contributed by atoms with Gasteiger partial charge in [0.15, 0.2) is 0 Å². The van der Waals surface area contributed by atoms with Gasteiger partial charge in [-0.3, -0.25) is 9.29 Å². The van der Waals surface area contributed by atoms with Crippen LogP contribution in [0.3, 0.4) is 0 Å². The van der Waals surface area contributed by atoms with Crippen LogP contribution in [-0.2, 0) is 10.2 Å². The van der Waals surface area contributed by atoms with Crippen molar-refractivity contribution in [3.63, 3.8) is 0 Å². The highest BCUT2D eigenvalue weighted by Crippen LogP contribution is 2.30. The normalized spacial score (nSPS) is 18.6. The molecule has 0 aliphatic carbocycles. The van der Waals surface area contributed by atoms with E-state index in [1.807, 2.05) is 30.3 Å². The van der Waals surface area contributed by atoms with Crippen molar-refractivity contribution in [2.75, 3.05) is 10.8 Å².